The SMILES string of the molecule is CC(C)(C)OC(=O)N1CC[C@H](O[Si](C)(C)C(C)(C)C)[C@@H]1/C=C/C(=O)O. The fourth-order valence-corrected chi connectivity index (χ4v) is 3.78. The first kappa shape index (κ1) is 21.7. The maximum Gasteiger partial charge on any atom is 0.410 e. The van der Waals surface area contributed by atoms with Gasteiger partial charge in [-0.25, -0.2) is 9.59 Å². The van der Waals surface area contributed by atoms with Crippen molar-refractivity contribution < 1.29 is 23.9 Å². The van der Waals surface area contributed by atoms with Crippen LogP contribution in [0.25, 0.3) is 0 Å². The number of carboxylic acids is 1. The van der Waals surface area contributed by atoms with Gasteiger partial charge in [-0.2, -0.15) is 0 Å². The van der Waals surface area contributed by atoms with Crippen molar-refractivity contribution in [2.45, 2.75) is 83.8 Å². The monoisotopic (exact) mass is 371 g/mol. The normalized spacial score (nSPS) is 22.5. The van der Waals surface area contributed by atoms with Crippen LogP contribution in [0.1, 0.15) is 48.0 Å². The molecule has 1 fully saturated rings. The highest BCUT2D eigenvalue weighted by molar-refractivity contribution is 6.74. The van der Waals surface area contributed by atoms with Crippen LogP contribution in [0.2, 0.25) is 18.1 Å². The van der Waals surface area contributed by atoms with E-state index in [1.165, 1.54) is 6.08 Å². The van der Waals surface area contributed by atoms with Crippen LogP contribution in [0.3, 0.4) is 0 Å². The second-order valence-electron chi connectivity index (χ2n) is 9.07. The van der Waals surface area contributed by atoms with Crippen molar-refractivity contribution in [2.75, 3.05) is 6.54 Å². The van der Waals surface area contributed by atoms with Crippen LogP contribution in [0.5, 0.6) is 0 Å². The molecule has 0 aromatic heterocycles. The van der Waals surface area contributed by atoms with Gasteiger partial charge in [0.2, 0.25) is 0 Å². The van der Waals surface area contributed by atoms with Gasteiger partial charge < -0.3 is 14.3 Å². The average molecular weight is 372 g/mol. The number of carbonyl (C=O) groups is 2. The van der Waals surface area contributed by atoms with Gasteiger partial charge in [0, 0.05) is 12.6 Å². The zero-order valence-electron chi connectivity index (χ0n) is 16.8. The van der Waals surface area contributed by atoms with E-state index in [2.05, 4.69) is 33.9 Å². The molecule has 2 atom stereocenters. The van der Waals surface area contributed by atoms with Crippen LogP contribution in [0, 0.1) is 0 Å². The molecule has 25 heavy (non-hydrogen) atoms. The van der Waals surface area contributed by atoms with E-state index in [-0.39, 0.29) is 11.1 Å². The molecule has 1 N–H and O–H groups in total. The third kappa shape index (κ3) is 6.15. The Kier molecular flexibility index (Phi) is 6.50. The first-order valence-electron chi connectivity index (χ1n) is 8.72. The Labute approximate surface area is 152 Å². The summed E-state index contributed by atoms with van der Waals surface area (Å²) in [6.07, 6.45) is 2.63. The van der Waals surface area contributed by atoms with E-state index >= 15 is 0 Å². The quantitative estimate of drug-likeness (QED) is 0.596. The van der Waals surface area contributed by atoms with Crippen LogP contribution in [0.15, 0.2) is 12.2 Å². The maximum absolute atomic E-state index is 12.5. The highest BCUT2D eigenvalue weighted by Gasteiger charge is 2.45. The van der Waals surface area contributed by atoms with E-state index in [4.69, 9.17) is 14.3 Å². The molecule has 1 aliphatic heterocycles. The number of carboxylic acid groups (broad SMARTS) is 1. The fraction of sp³-hybridized carbons (Fsp3) is 0.778. The number of hydrogen-bond donors (Lipinski definition) is 1. The van der Waals surface area contributed by atoms with E-state index in [1.807, 2.05) is 20.8 Å². The van der Waals surface area contributed by atoms with Crippen molar-refractivity contribution >= 4 is 20.4 Å². The van der Waals surface area contributed by atoms with Crippen molar-refractivity contribution in [1.82, 2.24) is 4.90 Å². The van der Waals surface area contributed by atoms with Gasteiger partial charge in [-0.3, -0.25) is 4.90 Å². The van der Waals surface area contributed by atoms with Crippen molar-refractivity contribution in [1.29, 1.82) is 0 Å². The minimum Gasteiger partial charge on any atom is -0.478 e. The highest BCUT2D eigenvalue weighted by Crippen LogP contribution is 2.39. The summed E-state index contributed by atoms with van der Waals surface area (Å²) in [7, 11) is -2.04. The van der Waals surface area contributed by atoms with Gasteiger partial charge >= 0.3 is 12.1 Å². The molecule has 1 aliphatic rings. The molecule has 0 aliphatic carbocycles. The van der Waals surface area contributed by atoms with E-state index in [0.29, 0.717) is 13.0 Å². The molecule has 1 rings (SSSR count). The number of likely N-dealkylation sites (tertiary alicyclic amines) is 1. The number of aliphatic carboxylic acids is 1. The van der Waals surface area contributed by atoms with E-state index in [9.17, 15) is 9.59 Å². The summed E-state index contributed by atoms with van der Waals surface area (Å²) in [5, 5.41) is 9.01. The lowest BCUT2D eigenvalue weighted by Crippen LogP contribution is -2.48. The van der Waals surface area contributed by atoms with Crippen LogP contribution < -0.4 is 0 Å². The molecule has 0 radical (unpaired) electrons. The van der Waals surface area contributed by atoms with E-state index in [1.54, 1.807) is 4.90 Å². The Hall–Kier alpha value is -1.34. The van der Waals surface area contributed by atoms with Gasteiger partial charge in [-0.1, -0.05) is 26.8 Å². The van der Waals surface area contributed by atoms with Crippen molar-refractivity contribution in [3.63, 3.8) is 0 Å². The van der Waals surface area contributed by atoms with Crippen LogP contribution in [-0.2, 0) is 14.0 Å². The van der Waals surface area contributed by atoms with Gasteiger partial charge in [-0.05, 0) is 45.3 Å². The molecule has 144 valence electrons. The van der Waals surface area contributed by atoms with Crippen LogP contribution in [0.4, 0.5) is 4.79 Å². The summed E-state index contributed by atoms with van der Waals surface area (Å²) < 4.78 is 11.9. The lowest BCUT2D eigenvalue weighted by Gasteiger charge is -2.40. The lowest BCUT2D eigenvalue weighted by molar-refractivity contribution is -0.131. The topological polar surface area (TPSA) is 76.1 Å². The summed E-state index contributed by atoms with van der Waals surface area (Å²) >= 11 is 0. The summed E-state index contributed by atoms with van der Waals surface area (Å²) in [6, 6.07) is -0.430. The van der Waals surface area contributed by atoms with Crippen molar-refractivity contribution in [2.24, 2.45) is 0 Å². The predicted octanol–water partition coefficient (Wildman–Crippen LogP) is 4.03. The first-order chi connectivity index (χ1) is 11.1. The largest absolute Gasteiger partial charge is 0.478 e. The third-order valence-electron chi connectivity index (χ3n) is 4.71. The summed E-state index contributed by atoms with van der Waals surface area (Å²) in [5.74, 6) is -1.04. The Morgan fingerprint density at radius 2 is 1.72 bits per heavy atom. The summed E-state index contributed by atoms with van der Waals surface area (Å²) in [5.41, 5.74) is -0.601. The van der Waals surface area contributed by atoms with Crippen LogP contribution in [-0.4, -0.2) is 54.7 Å². The smallest absolute Gasteiger partial charge is 0.410 e. The van der Waals surface area contributed by atoms with Crippen molar-refractivity contribution in [3.8, 4) is 0 Å². The Morgan fingerprint density at radius 1 is 1.16 bits per heavy atom. The van der Waals surface area contributed by atoms with Crippen molar-refractivity contribution in [3.05, 3.63) is 12.2 Å². The molecule has 0 aromatic carbocycles. The molecule has 6 nitrogen and oxygen atoms in total. The zero-order chi connectivity index (χ0) is 19.6. The van der Waals surface area contributed by atoms with Gasteiger partial charge in [0.1, 0.15) is 5.60 Å². The minimum atomic E-state index is -2.04. The van der Waals surface area contributed by atoms with E-state index < -0.39 is 32.0 Å². The van der Waals surface area contributed by atoms with Gasteiger partial charge in [-0.15, -0.1) is 0 Å². The molecular weight excluding hydrogens is 338 g/mol. The number of rotatable bonds is 4. The first-order valence-corrected chi connectivity index (χ1v) is 11.6. The van der Waals surface area contributed by atoms with E-state index in [0.717, 1.165) is 6.08 Å². The second-order valence-corrected chi connectivity index (χ2v) is 13.8. The average Bonchev–Trinajstić information content (AvgIpc) is 2.75. The summed E-state index contributed by atoms with van der Waals surface area (Å²) in [4.78, 5) is 25.0. The number of nitrogens with zero attached hydrogens (tertiary/aromatic N) is 1. The number of ether oxygens (including phenoxy) is 1. The molecule has 0 unspecified atom stereocenters. The van der Waals surface area contributed by atoms with Gasteiger partial charge in [0.15, 0.2) is 8.32 Å². The predicted molar refractivity (Wildman–Crippen MR) is 100 cm³/mol. The maximum atomic E-state index is 12.5. The third-order valence-corrected chi connectivity index (χ3v) is 9.22. The molecule has 1 saturated heterocycles. The Balaban J connectivity index is 3.03. The molecule has 1 amide bonds. The molecule has 0 spiro atoms. The molecular formula is C18H33NO5Si. The molecule has 7 heteroatoms. The molecule has 0 aromatic rings. The standard InChI is InChI=1S/C18H33NO5Si/c1-17(2,3)23-16(22)19-12-11-14(13(19)9-10-15(20)21)24-25(7,8)18(4,5)6/h9-10,13-14H,11-12H2,1-8H3,(H,20,21)/b10-9+/t13-,14-/m0/s1. The van der Waals surface area contributed by atoms with Gasteiger partial charge in [0.05, 0.1) is 12.1 Å². The number of hydrogen-bond acceptors (Lipinski definition) is 4. The molecule has 0 saturated carbocycles. The Bertz CT molecular complexity index is 531. The number of amides is 1. The summed E-state index contributed by atoms with van der Waals surface area (Å²) in [6.45, 7) is 16.7. The van der Waals surface area contributed by atoms with Crippen LogP contribution >= 0.6 is 0 Å². The van der Waals surface area contributed by atoms with Gasteiger partial charge in [0.25, 0.3) is 0 Å². The fourth-order valence-electron chi connectivity index (χ4n) is 2.41. The minimum absolute atomic E-state index is 0.0351. The second kappa shape index (κ2) is 7.49. The lowest BCUT2D eigenvalue weighted by atomic mass is 10.1. The zero-order valence-corrected chi connectivity index (χ0v) is 17.8. The molecule has 0 bridgehead atoms. The Morgan fingerprint density at radius 3 is 2.16 bits per heavy atom. The number of carbonyl (C=O) groups excluding carboxylic acids is 1. The highest BCUT2D eigenvalue weighted by atomic mass is 28.4. The molecule has 1 heterocycles.